The molecule has 5 heteroatoms. The van der Waals surface area contributed by atoms with Gasteiger partial charge in [0.05, 0.1) is 24.9 Å². The lowest BCUT2D eigenvalue weighted by Gasteiger charge is -2.13. The molecule has 0 atom stereocenters. The van der Waals surface area contributed by atoms with E-state index >= 15 is 0 Å². The molecule has 0 aliphatic heterocycles. The lowest BCUT2D eigenvalue weighted by molar-refractivity contribution is 0.404. The second-order valence-corrected chi connectivity index (χ2v) is 5.06. The molecular weight excluding hydrogens is 270 g/mol. The number of hydrogen-bond acceptors (Lipinski definition) is 4. The number of thiophene rings is 1. The molecule has 0 radical (unpaired) electrons. The Kier molecular flexibility index (Phi) is 4.33. The lowest BCUT2D eigenvalue weighted by atomic mass is 10.2. The first kappa shape index (κ1) is 13.1. The molecule has 1 aromatic heterocycles. The summed E-state index contributed by atoms with van der Waals surface area (Å²) >= 11 is 7.76. The van der Waals surface area contributed by atoms with Gasteiger partial charge < -0.3 is 14.8 Å². The van der Waals surface area contributed by atoms with Gasteiger partial charge in [-0.2, -0.15) is 0 Å². The Morgan fingerprint density at radius 1 is 1.22 bits per heavy atom. The van der Waals surface area contributed by atoms with Crippen molar-refractivity contribution >= 4 is 28.6 Å². The molecule has 0 saturated carbocycles. The first-order valence-electron chi connectivity index (χ1n) is 5.42. The lowest BCUT2D eigenvalue weighted by Crippen LogP contribution is -2.00. The minimum atomic E-state index is 0.538. The van der Waals surface area contributed by atoms with Crippen molar-refractivity contribution in [3.05, 3.63) is 39.5 Å². The van der Waals surface area contributed by atoms with Gasteiger partial charge >= 0.3 is 0 Å². The van der Waals surface area contributed by atoms with E-state index in [-0.39, 0.29) is 0 Å². The average molecular weight is 284 g/mol. The van der Waals surface area contributed by atoms with Gasteiger partial charge in [0, 0.05) is 23.6 Å². The molecule has 0 aliphatic carbocycles. The maximum Gasteiger partial charge on any atom is 0.143 e. The fraction of sp³-hybridized carbons (Fsp3) is 0.231. The van der Waals surface area contributed by atoms with E-state index in [0.717, 1.165) is 12.2 Å². The Labute approximate surface area is 115 Å². The maximum absolute atomic E-state index is 6.05. The summed E-state index contributed by atoms with van der Waals surface area (Å²) in [5, 5.41) is 5.91. The number of rotatable bonds is 5. The van der Waals surface area contributed by atoms with Crippen molar-refractivity contribution in [3.63, 3.8) is 0 Å². The maximum atomic E-state index is 6.05. The standard InChI is InChI=1S/C13H14ClNO2S/c1-16-12-7-11(13(17-2)6-10(12)14)15-8-9-4-3-5-18-9/h3-7,15H,8H2,1-2H3. The van der Waals surface area contributed by atoms with Crippen LogP contribution in [0.25, 0.3) is 0 Å². The summed E-state index contributed by atoms with van der Waals surface area (Å²) in [5.41, 5.74) is 0.868. The molecule has 0 saturated heterocycles. The zero-order valence-corrected chi connectivity index (χ0v) is 11.8. The van der Waals surface area contributed by atoms with Gasteiger partial charge in [0.15, 0.2) is 0 Å². The van der Waals surface area contributed by atoms with Gasteiger partial charge in [-0.15, -0.1) is 11.3 Å². The number of nitrogens with one attached hydrogen (secondary N) is 1. The quantitative estimate of drug-likeness (QED) is 0.899. The topological polar surface area (TPSA) is 30.5 Å². The van der Waals surface area contributed by atoms with Gasteiger partial charge in [-0.3, -0.25) is 0 Å². The molecule has 1 N–H and O–H groups in total. The average Bonchev–Trinajstić information content (AvgIpc) is 2.90. The third-order valence-electron chi connectivity index (χ3n) is 2.51. The molecule has 0 fully saturated rings. The van der Waals surface area contributed by atoms with Crippen LogP contribution in [-0.4, -0.2) is 14.2 Å². The molecule has 0 bridgehead atoms. The third-order valence-corrected chi connectivity index (χ3v) is 3.68. The van der Waals surface area contributed by atoms with E-state index in [4.69, 9.17) is 21.1 Å². The fourth-order valence-corrected chi connectivity index (χ4v) is 2.47. The van der Waals surface area contributed by atoms with Crippen LogP contribution in [0.5, 0.6) is 11.5 Å². The van der Waals surface area contributed by atoms with E-state index in [2.05, 4.69) is 16.8 Å². The predicted molar refractivity (Wildman–Crippen MR) is 76.2 cm³/mol. The summed E-state index contributed by atoms with van der Waals surface area (Å²) < 4.78 is 10.5. The highest BCUT2D eigenvalue weighted by Gasteiger charge is 2.09. The van der Waals surface area contributed by atoms with Crippen LogP contribution in [0.2, 0.25) is 5.02 Å². The van der Waals surface area contributed by atoms with Crippen LogP contribution >= 0.6 is 22.9 Å². The zero-order valence-electron chi connectivity index (χ0n) is 10.2. The zero-order chi connectivity index (χ0) is 13.0. The first-order valence-corrected chi connectivity index (χ1v) is 6.68. The van der Waals surface area contributed by atoms with E-state index in [1.165, 1.54) is 4.88 Å². The molecule has 0 aliphatic rings. The van der Waals surface area contributed by atoms with Gasteiger partial charge in [-0.25, -0.2) is 0 Å². The van der Waals surface area contributed by atoms with Crippen molar-refractivity contribution in [2.75, 3.05) is 19.5 Å². The van der Waals surface area contributed by atoms with Gasteiger partial charge in [-0.05, 0) is 11.4 Å². The van der Waals surface area contributed by atoms with Crippen LogP contribution in [0, 0.1) is 0 Å². The number of hydrogen-bond donors (Lipinski definition) is 1. The molecule has 3 nitrogen and oxygen atoms in total. The van der Waals surface area contributed by atoms with Gasteiger partial charge in [0.1, 0.15) is 11.5 Å². The van der Waals surface area contributed by atoms with Crippen molar-refractivity contribution in [2.24, 2.45) is 0 Å². The molecule has 2 aromatic rings. The van der Waals surface area contributed by atoms with Crippen molar-refractivity contribution in [1.82, 2.24) is 0 Å². The van der Waals surface area contributed by atoms with Crippen molar-refractivity contribution < 1.29 is 9.47 Å². The Morgan fingerprint density at radius 2 is 2.00 bits per heavy atom. The minimum Gasteiger partial charge on any atom is -0.495 e. The number of ether oxygens (including phenoxy) is 2. The summed E-state index contributed by atoms with van der Waals surface area (Å²) in [6.07, 6.45) is 0. The summed E-state index contributed by atoms with van der Waals surface area (Å²) in [4.78, 5) is 1.26. The molecule has 0 amide bonds. The van der Waals surface area contributed by atoms with E-state index in [9.17, 15) is 0 Å². The predicted octanol–water partition coefficient (Wildman–Crippen LogP) is 4.03. The Morgan fingerprint density at radius 3 is 2.61 bits per heavy atom. The number of halogens is 1. The monoisotopic (exact) mass is 283 g/mol. The number of methoxy groups -OCH3 is 2. The van der Waals surface area contributed by atoms with Crippen molar-refractivity contribution in [1.29, 1.82) is 0 Å². The Balaban J connectivity index is 2.19. The van der Waals surface area contributed by atoms with E-state index in [0.29, 0.717) is 16.5 Å². The summed E-state index contributed by atoms with van der Waals surface area (Å²) in [6, 6.07) is 7.70. The van der Waals surface area contributed by atoms with Crippen molar-refractivity contribution in [2.45, 2.75) is 6.54 Å². The Bertz CT molecular complexity index is 514. The molecular formula is C13H14ClNO2S. The SMILES string of the molecule is COc1cc(NCc2cccs2)c(OC)cc1Cl. The van der Waals surface area contributed by atoms with Gasteiger partial charge in [-0.1, -0.05) is 17.7 Å². The van der Waals surface area contributed by atoms with Crippen LogP contribution in [0.15, 0.2) is 29.6 Å². The number of anilines is 1. The van der Waals surface area contributed by atoms with Gasteiger partial charge in [0.2, 0.25) is 0 Å². The first-order chi connectivity index (χ1) is 8.74. The van der Waals surface area contributed by atoms with Crippen LogP contribution in [0.4, 0.5) is 5.69 Å². The number of benzene rings is 1. The molecule has 18 heavy (non-hydrogen) atoms. The fourth-order valence-electron chi connectivity index (χ4n) is 1.59. The van der Waals surface area contributed by atoms with Gasteiger partial charge in [0.25, 0.3) is 0 Å². The second kappa shape index (κ2) is 5.98. The summed E-state index contributed by atoms with van der Waals surface area (Å²) in [5.74, 6) is 1.34. The van der Waals surface area contributed by atoms with Crippen LogP contribution in [-0.2, 0) is 6.54 Å². The van der Waals surface area contributed by atoms with Crippen molar-refractivity contribution in [3.8, 4) is 11.5 Å². The van der Waals surface area contributed by atoms with Crippen LogP contribution in [0.1, 0.15) is 4.88 Å². The molecule has 2 rings (SSSR count). The third kappa shape index (κ3) is 2.89. The summed E-state index contributed by atoms with van der Waals surface area (Å²) in [7, 11) is 3.21. The van der Waals surface area contributed by atoms with E-state index < -0.39 is 0 Å². The smallest absolute Gasteiger partial charge is 0.143 e. The highest BCUT2D eigenvalue weighted by molar-refractivity contribution is 7.09. The van der Waals surface area contributed by atoms with E-state index in [1.807, 2.05) is 12.1 Å². The molecule has 0 unspecified atom stereocenters. The molecule has 1 heterocycles. The highest BCUT2D eigenvalue weighted by atomic mass is 35.5. The largest absolute Gasteiger partial charge is 0.495 e. The molecule has 96 valence electrons. The Hall–Kier alpha value is -1.39. The molecule has 1 aromatic carbocycles. The minimum absolute atomic E-state index is 0.538. The van der Waals surface area contributed by atoms with E-state index in [1.54, 1.807) is 31.6 Å². The normalized spacial score (nSPS) is 10.2. The van der Waals surface area contributed by atoms with Crippen LogP contribution in [0.3, 0.4) is 0 Å². The highest BCUT2D eigenvalue weighted by Crippen LogP contribution is 2.36. The van der Waals surface area contributed by atoms with Crippen LogP contribution < -0.4 is 14.8 Å². The molecule has 0 spiro atoms. The second-order valence-electron chi connectivity index (χ2n) is 3.62. The summed E-state index contributed by atoms with van der Waals surface area (Å²) in [6.45, 7) is 0.749.